The van der Waals surface area contributed by atoms with Crippen LogP contribution in [0.4, 0.5) is 0 Å². The summed E-state index contributed by atoms with van der Waals surface area (Å²) in [4.78, 5) is 2.45. The second kappa shape index (κ2) is 4.19. The van der Waals surface area contributed by atoms with Gasteiger partial charge in [-0.15, -0.1) is 0 Å². The lowest BCUT2D eigenvalue weighted by molar-refractivity contribution is 0.475. The molecule has 1 spiro atoms. The number of allylic oxidation sites excluding steroid dienone is 3. The highest BCUT2D eigenvalue weighted by molar-refractivity contribution is 5.47. The third-order valence-electron chi connectivity index (χ3n) is 4.10. The minimum absolute atomic E-state index is 0.378. The molecule has 0 saturated carbocycles. The Morgan fingerprint density at radius 1 is 1.44 bits per heavy atom. The molecule has 0 aromatic heterocycles. The third-order valence-corrected chi connectivity index (χ3v) is 4.10. The van der Waals surface area contributed by atoms with E-state index in [0.717, 1.165) is 0 Å². The molecule has 3 unspecified atom stereocenters. The Bertz CT molecular complexity index is 365. The number of likely N-dealkylation sites (N-methyl/N-ethyl adjacent to an activating group) is 2. The molecule has 2 heteroatoms. The molecule has 16 heavy (non-hydrogen) atoms. The van der Waals surface area contributed by atoms with E-state index < -0.39 is 0 Å². The fraction of sp³-hybridized carbons (Fsp3) is 0.571. The van der Waals surface area contributed by atoms with Gasteiger partial charge in [0, 0.05) is 12.6 Å². The van der Waals surface area contributed by atoms with Gasteiger partial charge >= 0.3 is 0 Å². The van der Waals surface area contributed by atoms with E-state index in [0.29, 0.717) is 11.6 Å². The largest absolute Gasteiger partial charge is 0.313 e. The molecule has 1 aliphatic carbocycles. The zero-order valence-electron chi connectivity index (χ0n) is 10.7. The van der Waals surface area contributed by atoms with E-state index in [1.54, 1.807) is 5.57 Å². The first-order valence-electron chi connectivity index (χ1n) is 6.05. The maximum Gasteiger partial charge on any atom is 0.0568 e. The van der Waals surface area contributed by atoms with E-state index in [2.05, 4.69) is 55.5 Å². The molecule has 1 N–H and O–H groups in total. The summed E-state index contributed by atoms with van der Waals surface area (Å²) in [5, 5.41) is 3.43. The normalized spacial score (nSPS) is 38.5. The molecule has 0 aromatic carbocycles. The highest BCUT2D eigenvalue weighted by Gasteiger charge is 2.56. The van der Waals surface area contributed by atoms with Crippen molar-refractivity contribution in [3.63, 3.8) is 0 Å². The summed E-state index contributed by atoms with van der Waals surface area (Å²) in [6.07, 6.45) is 9.78. The third kappa shape index (κ3) is 1.66. The minimum atomic E-state index is 0.378. The summed E-state index contributed by atoms with van der Waals surface area (Å²) < 4.78 is 0. The van der Waals surface area contributed by atoms with Crippen LogP contribution >= 0.6 is 0 Å². The van der Waals surface area contributed by atoms with Gasteiger partial charge in [-0.05, 0) is 45.5 Å². The van der Waals surface area contributed by atoms with Crippen molar-refractivity contribution < 1.29 is 0 Å². The molecule has 1 saturated heterocycles. The second-order valence-electron chi connectivity index (χ2n) is 4.90. The van der Waals surface area contributed by atoms with Crippen molar-refractivity contribution in [3.8, 4) is 0 Å². The predicted octanol–water partition coefficient (Wildman–Crippen LogP) is 2.11. The van der Waals surface area contributed by atoms with Crippen molar-refractivity contribution in [3.05, 3.63) is 35.5 Å². The molecule has 2 aliphatic rings. The lowest BCUT2D eigenvalue weighted by atomic mass is 10.0. The first-order valence-corrected chi connectivity index (χ1v) is 6.05. The molecule has 1 fully saturated rings. The van der Waals surface area contributed by atoms with Crippen LogP contribution in [0, 0.1) is 0 Å². The summed E-state index contributed by atoms with van der Waals surface area (Å²) in [5.41, 5.74) is 3.41. The van der Waals surface area contributed by atoms with Gasteiger partial charge in [-0.3, -0.25) is 4.90 Å². The van der Waals surface area contributed by atoms with Gasteiger partial charge < -0.3 is 5.32 Å². The highest BCUT2D eigenvalue weighted by atomic mass is 15.3. The monoisotopic (exact) mass is 218 g/mol. The molecule has 0 bridgehead atoms. The molecule has 1 heterocycles. The van der Waals surface area contributed by atoms with Crippen molar-refractivity contribution in [2.24, 2.45) is 0 Å². The van der Waals surface area contributed by atoms with E-state index in [1.165, 1.54) is 18.5 Å². The van der Waals surface area contributed by atoms with Crippen LogP contribution in [0.3, 0.4) is 0 Å². The van der Waals surface area contributed by atoms with Gasteiger partial charge in [0.25, 0.3) is 0 Å². The van der Waals surface area contributed by atoms with Crippen LogP contribution in [-0.2, 0) is 0 Å². The topological polar surface area (TPSA) is 15.0 Å². The lowest BCUT2D eigenvalue weighted by Crippen LogP contribution is -2.27. The van der Waals surface area contributed by atoms with Crippen molar-refractivity contribution in [1.82, 2.24) is 10.2 Å². The SMILES string of the molecule is C/C=C\C=C/C1=C(C)C2(CC1NC)CN2C. The Balaban J connectivity index is 2.24. The number of rotatable bonds is 3. The zero-order chi connectivity index (χ0) is 11.8. The van der Waals surface area contributed by atoms with E-state index in [-0.39, 0.29) is 0 Å². The molecule has 2 nitrogen and oxygen atoms in total. The van der Waals surface area contributed by atoms with E-state index in [1.807, 2.05) is 6.92 Å². The van der Waals surface area contributed by atoms with E-state index >= 15 is 0 Å². The van der Waals surface area contributed by atoms with Crippen LogP contribution in [0.15, 0.2) is 35.5 Å². The molecule has 2 rings (SSSR count). The Hall–Kier alpha value is -0.860. The Labute approximate surface area is 98.7 Å². The van der Waals surface area contributed by atoms with Crippen LogP contribution in [0.2, 0.25) is 0 Å². The van der Waals surface area contributed by atoms with Gasteiger partial charge in [0.1, 0.15) is 0 Å². The van der Waals surface area contributed by atoms with Gasteiger partial charge in [0.05, 0.1) is 5.54 Å². The van der Waals surface area contributed by atoms with Gasteiger partial charge in [0.15, 0.2) is 0 Å². The zero-order valence-corrected chi connectivity index (χ0v) is 10.7. The molecular weight excluding hydrogens is 196 g/mol. The highest BCUT2D eigenvalue weighted by Crippen LogP contribution is 2.49. The summed E-state index contributed by atoms with van der Waals surface area (Å²) >= 11 is 0. The molecule has 0 radical (unpaired) electrons. The van der Waals surface area contributed by atoms with E-state index in [9.17, 15) is 0 Å². The molecule has 1 aliphatic heterocycles. The lowest BCUT2D eigenvalue weighted by Gasteiger charge is -2.12. The molecule has 3 atom stereocenters. The van der Waals surface area contributed by atoms with Crippen molar-refractivity contribution >= 4 is 0 Å². The van der Waals surface area contributed by atoms with Crippen LogP contribution in [0.1, 0.15) is 20.3 Å². The minimum Gasteiger partial charge on any atom is -0.313 e. The fourth-order valence-electron chi connectivity index (χ4n) is 2.88. The van der Waals surface area contributed by atoms with Gasteiger partial charge in [0.2, 0.25) is 0 Å². The molecular formula is C14H22N2. The maximum absolute atomic E-state index is 3.43. The summed E-state index contributed by atoms with van der Waals surface area (Å²) in [6, 6.07) is 0.520. The van der Waals surface area contributed by atoms with Crippen LogP contribution in [0.5, 0.6) is 0 Å². The Morgan fingerprint density at radius 3 is 2.62 bits per heavy atom. The first-order chi connectivity index (χ1) is 7.65. The number of nitrogens with zero attached hydrogens (tertiary/aromatic N) is 1. The van der Waals surface area contributed by atoms with Crippen LogP contribution in [0.25, 0.3) is 0 Å². The summed E-state index contributed by atoms with van der Waals surface area (Å²) in [5.74, 6) is 0. The van der Waals surface area contributed by atoms with Gasteiger partial charge in [-0.25, -0.2) is 0 Å². The molecule has 0 aromatic rings. The first kappa shape index (κ1) is 11.6. The number of nitrogens with one attached hydrogen (secondary N) is 1. The van der Waals surface area contributed by atoms with Crippen LogP contribution in [-0.4, -0.2) is 37.1 Å². The second-order valence-corrected chi connectivity index (χ2v) is 4.90. The van der Waals surface area contributed by atoms with Crippen molar-refractivity contribution in [1.29, 1.82) is 0 Å². The molecule has 0 amide bonds. The Kier molecular flexibility index (Phi) is 3.04. The molecule has 88 valence electrons. The van der Waals surface area contributed by atoms with Crippen molar-refractivity contribution in [2.75, 3.05) is 20.6 Å². The standard InChI is InChI=1S/C14H22N2/c1-5-6-7-8-12-11(2)14(10-16(14)4)9-13(12)15-3/h5-8,13,15H,9-10H2,1-4H3/b6-5-,8-7-. The quantitative estimate of drug-likeness (QED) is 0.576. The fourth-order valence-corrected chi connectivity index (χ4v) is 2.88. The smallest absolute Gasteiger partial charge is 0.0568 e. The average molecular weight is 218 g/mol. The maximum atomic E-state index is 3.43. The summed E-state index contributed by atoms with van der Waals surface area (Å²) in [7, 11) is 4.28. The number of hydrogen-bond donors (Lipinski definition) is 1. The van der Waals surface area contributed by atoms with E-state index in [4.69, 9.17) is 0 Å². The summed E-state index contributed by atoms with van der Waals surface area (Å²) in [6.45, 7) is 5.56. The Morgan fingerprint density at radius 2 is 2.12 bits per heavy atom. The average Bonchev–Trinajstić information content (AvgIpc) is 2.84. The van der Waals surface area contributed by atoms with Crippen LogP contribution < -0.4 is 5.32 Å². The van der Waals surface area contributed by atoms with Gasteiger partial charge in [-0.2, -0.15) is 0 Å². The predicted molar refractivity (Wildman–Crippen MR) is 69.5 cm³/mol. The number of hydrogen-bond acceptors (Lipinski definition) is 2. The van der Waals surface area contributed by atoms with Gasteiger partial charge in [-0.1, -0.05) is 24.3 Å². The van der Waals surface area contributed by atoms with Crippen molar-refractivity contribution in [2.45, 2.75) is 31.8 Å².